The van der Waals surface area contributed by atoms with Crippen LogP contribution >= 0.6 is 11.6 Å². The Kier molecular flexibility index (Phi) is 4.14. The van der Waals surface area contributed by atoms with Crippen molar-refractivity contribution in [2.75, 3.05) is 0 Å². The second-order valence-corrected chi connectivity index (χ2v) is 5.33. The Balaban J connectivity index is 2.99. The molecule has 0 aromatic carbocycles. The molecule has 1 aromatic heterocycles. The van der Waals surface area contributed by atoms with Crippen LogP contribution in [0.15, 0.2) is 6.07 Å². The third-order valence-electron chi connectivity index (χ3n) is 2.24. The van der Waals surface area contributed by atoms with E-state index in [4.69, 9.17) is 16.3 Å². The van der Waals surface area contributed by atoms with Gasteiger partial charge < -0.3 is 4.74 Å². The molecule has 0 bridgehead atoms. The van der Waals surface area contributed by atoms with Crippen molar-refractivity contribution in [3.05, 3.63) is 17.0 Å². The summed E-state index contributed by atoms with van der Waals surface area (Å²) in [5.41, 5.74) is -0.127. The fourth-order valence-corrected chi connectivity index (χ4v) is 1.26. The van der Waals surface area contributed by atoms with Crippen LogP contribution in [0.1, 0.15) is 46.9 Å². The molecule has 1 aromatic rings. The summed E-state index contributed by atoms with van der Waals surface area (Å²) in [5.74, 6) is 1.26. The van der Waals surface area contributed by atoms with Gasteiger partial charge in [0.1, 0.15) is 11.0 Å². The molecular formula is C12H19ClN2O. The largest absolute Gasteiger partial charge is 0.475 e. The third kappa shape index (κ3) is 3.63. The molecule has 1 atom stereocenters. The van der Waals surface area contributed by atoms with E-state index >= 15 is 0 Å². The van der Waals surface area contributed by atoms with Gasteiger partial charge in [-0.25, -0.2) is 4.98 Å². The quantitative estimate of drug-likeness (QED) is 0.760. The molecule has 16 heavy (non-hydrogen) atoms. The van der Waals surface area contributed by atoms with E-state index in [0.29, 0.717) is 16.9 Å². The Bertz CT molecular complexity index is 361. The number of rotatable bonds is 3. The average molecular weight is 243 g/mol. The SMILES string of the molecule is CCC(C)Oc1cc(Cl)nc(C(C)(C)C)n1. The van der Waals surface area contributed by atoms with Crippen molar-refractivity contribution in [2.24, 2.45) is 0 Å². The van der Waals surface area contributed by atoms with Gasteiger partial charge in [-0.1, -0.05) is 39.3 Å². The summed E-state index contributed by atoms with van der Waals surface area (Å²) in [6.45, 7) is 10.2. The van der Waals surface area contributed by atoms with E-state index in [-0.39, 0.29) is 11.5 Å². The summed E-state index contributed by atoms with van der Waals surface area (Å²) in [6, 6.07) is 1.66. The van der Waals surface area contributed by atoms with Gasteiger partial charge in [0.25, 0.3) is 0 Å². The lowest BCUT2D eigenvalue weighted by Crippen LogP contribution is -2.18. The molecule has 0 radical (unpaired) electrons. The lowest BCUT2D eigenvalue weighted by atomic mass is 9.96. The van der Waals surface area contributed by atoms with Crippen LogP contribution in [0.3, 0.4) is 0 Å². The molecule has 0 aliphatic heterocycles. The predicted molar refractivity (Wildman–Crippen MR) is 66.1 cm³/mol. The monoisotopic (exact) mass is 242 g/mol. The molecule has 3 nitrogen and oxygen atoms in total. The second kappa shape index (κ2) is 5.00. The maximum absolute atomic E-state index is 5.95. The fraction of sp³-hybridized carbons (Fsp3) is 0.667. The number of ether oxygens (including phenoxy) is 1. The lowest BCUT2D eigenvalue weighted by molar-refractivity contribution is 0.206. The number of hydrogen-bond donors (Lipinski definition) is 0. The fourth-order valence-electron chi connectivity index (χ4n) is 1.08. The van der Waals surface area contributed by atoms with Gasteiger partial charge in [-0.05, 0) is 13.3 Å². The van der Waals surface area contributed by atoms with Crippen LogP contribution < -0.4 is 4.74 Å². The Morgan fingerprint density at radius 3 is 2.50 bits per heavy atom. The van der Waals surface area contributed by atoms with Crippen molar-refractivity contribution in [1.82, 2.24) is 9.97 Å². The summed E-state index contributed by atoms with van der Waals surface area (Å²) in [7, 11) is 0. The first-order valence-corrected chi connectivity index (χ1v) is 5.92. The van der Waals surface area contributed by atoms with E-state index in [9.17, 15) is 0 Å². The molecule has 0 N–H and O–H groups in total. The smallest absolute Gasteiger partial charge is 0.218 e. The van der Waals surface area contributed by atoms with E-state index < -0.39 is 0 Å². The van der Waals surface area contributed by atoms with Crippen LogP contribution in [-0.2, 0) is 5.41 Å². The van der Waals surface area contributed by atoms with Crippen molar-refractivity contribution < 1.29 is 4.74 Å². The molecule has 0 aliphatic carbocycles. The highest BCUT2D eigenvalue weighted by atomic mass is 35.5. The molecule has 4 heteroatoms. The highest BCUT2D eigenvalue weighted by Gasteiger charge is 2.19. The number of aromatic nitrogens is 2. The van der Waals surface area contributed by atoms with Gasteiger partial charge in [0.2, 0.25) is 5.88 Å². The first-order chi connectivity index (χ1) is 7.32. The zero-order valence-corrected chi connectivity index (χ0v) is 11.3. The molecular weight excluding hydrogens is 224 g/mol. The van der Waals surface area contributed by atoms with Gasteiger partial charge in [-0.15, -0.1) is 0 Å². The topological polar surface area (TPSA) is 35.0 Å². The van der Waals surface area contributed by atoms with Crippen LogP contribution in [0.4, 0.5) is 0 Å². The zero-order chi connectivity index (χ0) is 12.3. The van der Waals surface area contributed by atoms with Crippen molar-refractivity contribution >= 4 is 11.6 Å². The van der Waals surface area contributed by atoms with Crippen molar-refractivity contribution in [3.8, 4) is 5.88 Å². The molecule has 0 fully saturated rings. The lowest BCUT2D eigenvalue weighted by Gasteiger charge is -2.18. The molecule has 0 spiro atoms. The van der Waals surface area contributed by atoms with E-state index in [1.807, 2.05) is 27.7 Å². The van der Waals surface area contributed by atoms with E-state index in [1.54, 1.807) is 6.07 Å². The second-order valence-electron chi connectivity index (χ2n) is 4.94. The minimum absolute atomic E-state index is 0.127. The highest BCUT2D eigenvalue weighted by molar-refractivity contribution is 6.29. The van der Waals surface area contributed by atoms with Crippen LogP contribution in [0.25, 0.3) is 0 Å². The zero-order valence-electron chi connectivity index (χ0n) is 10.5. The van der Waals surface area contributed by atoms with Gasteiger partial charge >= 0.3 is 0 Å². The number of nitrogens with zero attached hydrogens (tertiary/aromatic N) is 2. The Hall–Kier alpha value is -0.830. The normalized spacial score (nSPS) is 13.6. The molecule has 0 saturated heterocycles. The van der Waals surface area contributed by atoms with Crippen molar-refractivity contribution in [1.29, 1.82) is 0 Å². The van der Waals surface area contributed by atoms with Crippen molar-refractivity contribution in [2.45, 2.75) is 52.6 Å². The maximum Gasteiger partial charge on any atom is 0.218 e. The van der Waals surface area contributed by atoms with Crippen LogP contribution in [0, 0.1) is 0 Å². The van der Waals surface area contributed by atoms with Crippen LogP contribution in [0.2, 0.25) is 5.15 Å². The summed E-state index contributed by atoms with van der Waals surface area (Å²) >= 11 is 5.95. The number of halogens is 1. The Labute approximate surface area is 102 Å². The average Bonchev–Trinajstić information content (AvgIpc) is 2.15. The molecule has 1 heterocycles. The van der Waals surface area contributed by atoms with E-state index in [0.717, 1.165) is 6.42 Å². The Morgan fingerprint density at radius 1 is 1.38 bits per heavy atom. The van der Waals surface area contributed by atoms with Crippen molar-refractivity contribution in [3.63, 3.8) is 0 Å². The summed E-state index contributed by atoms with van der Waals surface area (Å²) < 4.78 is 5.64. The van der Waals surface area contributed by atoms with Gasteiger partial charge in [0, 0.05) is 11.5 Å². The molecule has 1 unspecified atom stereocenters. The summed E-state index contributed by atoms with van der Waals surface area (Å²) in [5, 5.41) is 0.429. The van der Waals surface area contributed by atoms with E-state index in [2.05, 4.69) is 16.9 Å². The molecule has 0 amide bonds. The van der Waals surface area contributed by atoms with Crippen LogP contribution in [0.5, 0.6) is 5.88 Å². The van der Waals surface area contributed by atoms with Gasteiger partial charge in [0.15, 0.2) is 0 Å². The third-order valence-corrected chi connectivity index (χ3v) is 2.43. The predicted octanol–water partition coefficient (Wildman–Crippen LogP) is 3.60. The van der Waals surface area contributed by atoms with Gasteiger partial charge in [0.05, 0.1) is 6.10 Å². The van der Waals surface area contributed by atoms with Crippen LogP contribution in [-0.4, -0.2) is 16.1 Å². The first-order valence-electron chi connectivity index (χ1n) is 5.54. The summed E-state index contributed by atoms with van der Waals surface area (Å²) in [6.07, 6.45) is 1.07. The minimum Gasteiger partial charge on any atom is -0.475 e. The molecule has 90 valence electrons. The molecule has 1 rings (SSSR count). The van der Waals surface area contributed by atoms with Gasteiger partial charge in [-0.2, -0.15) is 4.98 Å². The minimum atomic E-state index is -0.127. The van der Waals surface area contributed by atoms with Gasteiger partial charge in [-0.3, -0.25) is 0 Å². The van der Waals surface area contributed by atoms with E-state index in [1.165, 1.54) is 0 Å². The first kappa shape index (κ1) is 13.2. The molecule has 0 saturated carbocycles. The number of hydrogen-bond acceptors (Lipinski definition) is 3. The maximum atomic E-state index is 5.95. The molecule has 0 aliphatic rings. The highest BCUT2D eigenvalue weighted by Crippen LogP contribution is 2.23. The summed E-state index contributed by atoms with van der Waals surface area (Å²) in [4.78, 5) is 8.59. The standard InChI is InChI=1S/C12H19ClN2O/c1-6-8(2)16-10-7-9(13)14-11(15-10)12(3,4)5/h7-8H,6H2,1-5H3. The Morgan fingerprint density at radius 2 is 2.00 bits per heavy atom.